The Bertz CT molecular complexity index is 645. The molecular weight excluding hydrogens is 260 g/mol. The molecule has 1 saturated heterocycles. The number of aromatic amines is 1. The summed E-state index contributed by atoms with van der Waals surface area (Å²) in [5.74, 6) is 0.725. The number of hydrogen-bond donors (Lipinski definition) is 2. The van der Waals surface area contributed by atoms with Crippen LogP contribution >= 0.6 is 0 Å². The lowest BCUT2D eigenvalue weighted by atomic mass is 9.57. The number of rotatable bonds is 4. The molecule has 1 aliphatic heterocycles. The molecule has 1 aromatic carbocycles. The van der Waals surface area contributed by atoms with Crippen molar-refractivity contribution in [2.75, 3.05) is 13.2 Å². The lowest BCUT2D eigenvalue weighted by Gasteiger charge is -2.55. The van der Waals surface area contributed by atoms with Crippen molar-refractivity contribution in [3.8, 4) is 0 Å². The van der Waals surface area contributed by atoms with Crippen LogP contribution in [0, 0.1) is 11.3 Å². The quantitative estimate of drug-likeness (QED) is 0.905. The molecule has 4 rings (SSSR count). The van der Waals surface area contributed by atoms with Crippen molar-refractivity contribution < 1.29 is 4.74 Å². The first-order valence-corrected chi connectivity index (χ1v) is 8.08. The Kier molecular flexibility index (Phi) is 3.09. The van der Waals surface area contributed by atoms with Gasteiger partial charge in [0, 0.05) is 41.1 Å². The Morgan fingerprint density at radius 3 is 3.10 bits per heavy atom. The average Bonchev–Trinajstić information content (AvgIpc) is 3.09. The van der Waals surface area contributed by atoms with E-state index in [0.29, 0.717) is 12.1 Å². The van der Waals surface area contributed by atoms with Gasteiger partial charge in [-0.2, -0.15) is 0 Å². The minimum atomic E-state index is 0.279. The number of H-pyrrole nitrogens is 1. The van der Waals surface area contributed by atoms with E-state index < -0.39 is 0 Å². The third-order valence-electron chi connectivity index (χ3n) is 5.53. The van der Waals surface area contributed by atoms with E-state index in [4.69, 9.17) is 4.74 Å². The third-order valence-corrected chi connectivity index (χ3v) is 5.53. The van der Waals surface area contributed by atoms with Crippen LogP contribution in [0.2, 0.25) is 0 Å². The van der Waals surface area contributed by atoms with E-state index >= 15 is 0 Å². The van der Waals surface area contributed by atoms with E-state index in [2.05, 4.69) is 54.6 Å². The highest BCUT2D eigenvalue weighted by Crippen LogP contribution is 2.52. The fourth-order valence-corrected chi connectivity index (χ4v) is 4.44. The van der Waals surface area contributed by atoms with Gasteiger partial charge < -0.3 is 15.0 Å². The molecule has 21 heavy (non-hydrogen) atoms. The number of ether oxygens (including phenoxy) is 1. The van der Waals surface area contributed by atoms with Crippen molar-refractivity contribution in [2.45, 2.75) is 38.8 Å². The van der Waals surface area contributed by atoms with Gasteiger partial charge in [-0.05, 0) is 31.0 Å². The van der Waals surface area contributed by atoms with Gasteiger partial charge in [0.25, 0.3) is 0 Å². The molecule has 3 nitrogen and oxygen atoms in total. The predicted molar refractivity (Wildman–Crippen MR) is 85.4 cm³/mol. The molecule has 1 aliphatic carbocycles. The lowest BCUT2D eigenvalue weighted by molar-refractivity contribution is -0.112. The number of benzene rings is 1. The number of hydrogen-bond acceptors (Lipinski definition) is 2. The molecule has 2 fully saturated rings. The fourth-order valence-electron chi connectivity index (χ4n) is 4.44. The van der Waals surface area contributed by atoms with E-state index in [-0.39, 0.29) is 5.41 Å². The van der Waals surface area contributed by atoms with Crippen LogP contribution in [-0.2, 0) is 11.2 Å². The highest BCUT2D eigenvalue weighted by molar-refractivity contribution is 5.83. The molecule has 3 heteroatoms. The summed E-state index contributed by atoms with van der Waals surface area (Å²) < 4.78 is 5.86. The van der Waals surface area contributed by atoms with Crippen LogP contribution in [0.15, 0.2) is 30.5 Å². The van der Waals surface area contributed by atoms with E-state index in [1.165, 1.54) is 22.9 Å². The molecule has 2 aliphatic rings. The normalized spacial score (nSPS) is 30.3. The van der Waals surface area contributed by atoms with Crippen LogP contribution in [0.4, 0.5) is 0 Å². The van der Waals surface area contributed by atoms with Gasteiger partial charge in [0.15, 0.2) is 0 Å². The maximum absolute atomic E-state index is 5.86. The SMILES string of the molecule is CC1(C)C(NCCc2c[nH]c3ccccc23)C2CCOC21. The molecule has 2 aromatic rings. The van der Waals surface area contributed by atoms with Gasteiger partial charge in [0.1, 0.15) is 0 Å². The molecular formula is C18H24N2O. The Hall–Kier alpha value is -1.32. The monoisotopic (exact) mass is 284 g/mol. The van der Waals surface area contributed by atoms with Gasteiger partial charge in [0.05, 0.1) is 6.10 Å². The van der Waals surface area contributed by atoms with Crippen LogP contribution < -0.4 is 5.32 Å². The molecule has 112 valence electrons. The second-order valence-corrected chi connectivity index (χ2v) is 7.11. The number of fused-ring (bicyclic) bond motifs is 2. The predicted octanol–water partition coefficient (Wildman–Crippen LogP) is 3.11. The van der Waals surface area contributed by atoms with Gasteiger partial charge in [-0.3, -0.25) is 0 Å². The molecule has 3 atom stereocenters. The van der Waals surface area contributed by atoms with E-state index in [1.54, 1.807) is 0 Å². The first-order valence-electron chi connectivity index (χ1n) is 8.08. The first-order chi connectivity index (χ1) is 10.2. The topological polar surface area (TPSA) is 37.0 Å². The minimum absolute atomic E-state index is 0.279. The van der Waals surface area contributed by atoms with Crippen LogP contribution in [-0.4, -0.2) is 30.3 Å². The molecule has 2 heterocycles. The van der Waals surface area contributed by atoms with E-state index in [9.17, 15) is 0 Å². The van der Waals surface area contributed by atoms with Crippen LogP contribution in [0.1, 0.15) is 25.8 Å². The van der Waals surface area contributed by atoms with E-state index in [1.807, 2.05) is 0 Å². The zero-order chi connectivity index (χ0) is 14.4. The summed E-state index contributed by atoms with van der Waals surface area (Å²) in [5, 5.41) is 5.15. The van der Waals surface area contributed by atoms with Gasteiger partial charge in [0.2, 0.25) is 0 Å². The van der Waals surface area contributed by atoms with Crippen LogP contribution in [0.5, 0.6) is 0 Å². The zero-order valence-electron chi connectivity index (χ0n) is 12.9. The Morgan fingerprint density at radius 1 is 1.33 bits per heavy atom. The summed E-state index contributed by atoms with van der Waals surface area (Å²) in [6.45, 7) is 6.66. The molecule has 3 unspecified atom stereocenters. The summed E-state index contributed by atoms with van der Waals surface area (Å²) >= 11 is 0. The molecule has 1 aromatic heterocycles. The summed E-state index contributed by atoms with van der Waals surface area (Å²) in [7, 11) is 0. The molecule has 1 saturated carbocycles. The first kappa shape index (κ1) is 13.4. The molecule has 2 N–H and O–H groups in total. The summed E-state index contributed by atoms with van der Waals surface area (Å²) in [4.78, 5) is 3.36. The summed E-state index contributed by atoms with van der Waals surface area (Å²) in [6, 6.07) is 9.15. The maximum Gasteiger partial charge on any atom is 0.0685 e. The largest absolute Gasteiger partial charge is 0.377 e. The van der Waals surface area contributed by atoms with Crippen molar-refractivity contribution in [1.29, 1.82) is 0 Å². The Balaban J connectivity index is 1.40. The Morgan fingerprint density at radius 2 is 2.19 bits per heavy atom. The minimum Gasteiger partial charge on any atom is -0.377 e. The second-order valence-electron chi connectivity index (χ2n) is 7.11. The summed E-state index contributed by atoms with van der Waals surface area (Å²) in [6.07, 6.45) is 4.93. The molecule has 0 radical (unpaired) electrons. The smallest absolute Gasteiger partial charge is 0.0685 e. The van der Waals surface area contributed by atoms with Crippen LogP contribution in [0.3, 0.4) is 0 Å². The van der Waals surface area contributed by atoms with Gasteiger partial charge in [-0.25, -0.2) is 0 Å². The number of para-hydroxylation sites is 1. The standard InChI is InChI=1S/C18H24N2O/c1-18(2)16(14-8-10-21-17(14)18)19-9-7-12-11-20-15-6-4-3-5-13(12)15/h3-6,11,14,16-17,19-20H,7-10H2,1-2H3. The van der Waals surface area contributed by atoms with Crippen molar-refractivity contribution in [3.63, 3.8) is 0 Å². The van der Waals surface area contributed by atoms with Crippen molar-refractivity contribution in [3.05, 3.63) is 36.0 Å². The van der Waals surface area contributed by atoms with Gasteiger partial charge in [-0.15, -0.1) is 0 Å². The second kappa shape index (κ2) is 4.85. The van der Waals surface area contributed by atoms with E-state index in [0.717, 1.165) is 25.5 Å². The summed E-state index contributed by atoms with van der Waals surface area (Å²) in [5.41, 5.74) is 2.93. The van der Waals surface area contributed by atoms with Gasteiger partial charge in [-0.1, -0.05) is 32.0 Å². The fraction of sp³-hybridized carbons (Fsp3) is 0.556. The molecule has 0 amide bonds. The zero-order valence-corrected chi connectivity index (χ0v) is 12.9. The maximum atomic E-state index is 5.86. The Labute approximate surface area is 126 Å². The highest BCUT2D eigenvalue weighted by Gasteiger charge is 2.58. The van der Waals surface area contributed by atoms with Crippen molar-refractivity contribution in [1.82, 2.24) is 10.3 Å². The molecule has 0 bridgehead atoms. The number of aromatic nitrogens is 1. The van der Waals surface area contributed by atoms with Crippen molar-refractivity contribution >= 4 is 10.9 Å². The third kappa shape index (κ3) is 2.02. The lowest BCUT2D eigenvalue weighted by Crippen LogP contribution is -2.66. The van der Waals surface area contributed by atoms with Gasteiger partial charge >= 0.3 is 0 Å². The van der Waals surface area contributed by atoms with Crippen LogP contribution in [0.25, 0.3) is 10.9 Å². The average molecular weight is 284 g/mol. The number of nitrogens with one attached hydrogen (secondary N) is 2. The molecule has 0 spiro atoms. The highest BCUT2D eigenvalue weighted by atomic mass is 16.5. The van der Waals surface area contributed by atoms with Crippen molar-refractivity contribution in [2.24, 2.45) is 11.3 Å².